The van der Waals surface area contributed by atoms with Gasteiger partial charge in [-0.1, -0.05) is 58.0 Å². The summed E-state index contributed by atoms with van der Waals surface area (Å²) in [5.74, 6) is -9.02. The molecule has 1 aromatic carbocycles. The fourth-order valence-electron chi connectivity index (χ4n) is 4.56. The molecule has 0 saturated heterocycles. The second kappa shape index (κ2) is 27.1. The van der Waals surface area contributed by atoms with Crippen molar-refractivity contribution < 1.29 is 75.2 Å². The van der Waals surface area contributed by atoms with Gasteiger partial charge in [0.15, 0.2) is 5.96 Å². The van der Waals surface area contributed by atoms with Crippen LogP contribution in [0.2, 0.25) is 0 Å². The van der Waals surface area contributed by atoms with Gasteiger partial charge >= 0.3 is 24.3 Å². The summed E-state index contributed by atoms with van der Waals surface area (Å²) in [6.45, 7) is 9.08. The van der Waals surface area contributed by atoms with Crippen LogP contribution in [0.1, 0.15) is 65.9 Å². The van der Waals surface area contributed by atoms with Crippen molar-refractivity contribution in [3.8, 4) is 0 Å². The molecule has 0 saturated carbocycles. The van der Waals surface area contributed by atoms with E-state index in [0.717, 1.165) is 5.56 Å². The Hall–Kier alpha value is -5.72. The molecule has 25 heteroatoms. The van der Waals surface area contributed by atoms with Crippen LogP contribution in [-0.4, -0.2) is 118 Å². The highest BCUT2D eigenvalue weighted by Gasteiger charge is 2.39. The number of nitrogens with one attached hydrogen (secondary N) is 4. The molecule has 15 N–H and O–H groups in total. The van der Waals surface area contributed by atoms with E-state index in [2.05, 4.69) is 26.3 Å². The number of aliphatic hydroxyl groups excluding tert-OH is 1. The number of hydrogen-bond donors (Lipinski definition) is 11. The normalized spacial score (nSPS) is 14.2. The number of amides is 5. The van der Waals surface area contributed by atoms with E-state index >= 15 is 0 Å². The smallest absolute Gasteiger partial charge is 0.475 e. The molecule has 0 spiro atoms. The summed E-state index contributed by atoms with van der Waals surface area (Å²) in [6.07, 6.45) is -10.2. The van der Waals surface area contributed by atoms with Crippen LogP contribution in [0.4, 0.5) is 26.3 Å². The summed E-state index contributed by atoms with van der Waals surface area (Å²) in [5.41, 5.74) is 22.7. The van der Waals surface area contributed by atoms with Gasteiger partial charge in [-0.3, -0.25) is 29.0 Å². The minimum absolute atomic E-state index is 0.0216. The maximum absolute atomic E-state index is 13.6. The lowest BCUT2D eigenvalue weighted by Gasteiger charge is -2.28. The highest BCUT2D eigenvalue weighted by Crippen LogP contribution is 2.14. The maximum atomic E-state index is 13.6. The van der Waals surface area contributed by atoms with Gasteiger partial charge in [-0.2, -0.15) is 26.3 Å². The molecule has 60 heavy (non-hydrogen) atoms. The van der Waals surface area contributed by atoms with Crippen LogP contribution in [0.5, 0.6) is 0 Å². The van der Waals surface area contributed by atoms with Gasteiger partial charge < -0.3 is 59.5 Å². The third-order valence-corrected chi connectivity index (χ3v) is 7.51. The molecule has 0 fully saturated rings. The van der Waals surface area contributed by atoms with Gasteiger partial charge in [-0.05, 0) is 50.0 Å². The fourth-order valence-corrected chi connectivity index (χ4v) is 4.56. The summed E-state index contributed by atoms with van der Waals surface area (Å²) < 4.78 is 63.5. The number of rotatable bonds is 20. The van der Waals surface area contributed by atoms with Crippen LogP contribution >= 0.6 is 0 Å². The van der Waals surface area contributed by atoms with Crippen molar-refractivity contribution >= 4 is 47.4 Å². The van der Waals surface area contributed by atoms with Gasteiger partial charge in [0.25, 0.3) is 0 Å². The summed E-state index contributed by atoms with van der Waals surface area (Å²) in [5, 5.41) is 34.7. The lowest BCUT2D eigenvalue weighted by atomic mass is 9.98. The van der Waals surface area contributed by atoms with Crippen molar-refractivity contribution in [2.24, 2.45) is 39.8 Å². The van der Waals surface area contributed by atoms with Gasteiger partial charge in [0.1, 0.15) is 30.2 Å². The van der Waals surface area contributed by atoms with Crippen molar-refractivity contribution in [1.82, 2.24) is 21.3 Å². The predicted octanol–water partition coefficient (Wildman–Crippen LogP) is -0.226. The first-order chi connectivity index (χ1) is 27.4. The quantitative estimate of drug-likeness (QED) is 0.0350. The number of aliphatic carboxylic acids is 2. The minimum Gasteiger partial charge on any atom is -0.475 e. The van der Waals surface area contributed by atoms with Crippen LogP contribution in [0.3, 0.4) is 0 Å². The average molecular weight is 876 g/mol. The van der Waals surface area contributed by atoms with Crippen LogP contribution in [0.25, 0.3) is 0 Å². The number of aliphatic imine (C=N–C) groups is 1. The lowest BCUT2D eigenvalue weighted by Crippen LogP contribution is -2.60. The van der Waals surface area contributed by atoms with E-state index in [0.29, 0.717) is 6.42 Å². The van der Waals surface area contributed by atoms with E-state index in [1.807, 2.05) is 33.8 Å². The molecule has 19 nitrogen and oxygen atoms in total. The monoisotopic (exact) mass is 875 g/mol. The number of primary amides is 1. The van der Waals surface area contributed by atoms with Crippen molar-refractivity contribution in [3.63, 3.8) is 0 Å². The summed E-state index contributed by atoms with van der Waals surface area (Å²) in [4.78, 5) is 87.0. The summed E-state index contributed by atoms with van der Waals surface area (Å²) >= 11 is 0. The number of hydrogen-bond acceptors (Lipinski definition) is 10. The predicted molar refractivity (Wildman–Crippen MR) is 203 cm³/mol. The first kappa shape index (κ1) is 56.4. The standard InChI is InChI=1S/C31H53N9O6.2C2HF3O2/c1-17(2)14-22(27(43)37-21(26(33)42)12-9-13-36-31(34)35)38-28(44)23(15-18(3)4)39-29(45)24(16-20-10-7-6-8-11-20)40-30(46)25(32)19(5)41;2*3-2(4,5)1(6)7/h6-8,10-11,17-19,21-25,41H,9,12-16,32H2,1-5H3,(H2,33,42)(H,37,43)(H,38,44)(H,39,45)(H,40,46)(H4,34,35,36);2*(H,6,7)/t19-,21+,22+,23+,24+,25+;;/m1../s1. The number of halogens is 6. The number of aliphatic hydroxyl groups is 1. The topological polar surface area (TPSA) is 345 Å². The summed E-state index contributed by atoms with van der Waals surface area (Å²) in [7, 11) is 0. The Labute approximate surface area is 341 Å². The second-order valence-corrected chi connectivity index (χ2v) is 13.9. The van der Waals surface area contributed by atoms with Crippen molar-refractivity contribution in [1.29, 1.82) is 0 Å². The molecule has 1 rings (SSSR count). The van der Waals surface area contributed by atoms with Crippen LogP contribution < -0.4 is 44.2 Å². The zero-order valence-corrected chi connectivity index (χ0v) is 33.5. The number of guanidine groups is 1. The van der Waals surface area contributed by atoms with E-state index in [1.54, 1.807) is 24.3 Å². The Morgan fingerprint density at radius 2 is 1.02 bits per heavy atom. The maximum Gasteiger partial charge on any atom is 0.490 e. The average Bonchev–Trinajstić information content (AvgIpc) is 3.10. The van der Waals surface area contributed by atoms with E-state index in [4.69, 9.17) is 42.7 Å². The minimum atomic E-state index is -5.08. The van der Waals surface area contributed by atoms with Gasteiger partial charge in [-0.15, -0.1) is 0 Å². The molecule has 342 valence electrons. The lowest BCUT2D eigenvalue weighted by molar-refractivity contribution is -0.193. The zero-order chi connectivity index (χ0) is 47.1. The van der Waals surface area contributed by atoms with Crippen LogP contribution in [0.15, 0.2) is 35.3 Å². The number of nitrogens with zero attached hydrogens (tertiary/aromatic N) is 1. The highest BCUT2D eigenvalue weighted by atomic mass is 19.4. The molecule has 0 heterocycles. The number of carboxylic acids is 2. The molecular weight excluding hydrogens is 820 g/mol. The third kappa shape index (κ3) is 25.6. The number of carbonyl (C=O) groups is 7. The molecule has 6 atom stereocenters. The number of nitrogens with two attached hydrogens (primary N) is 4. The fraction of sp³-hybridized carbons (Fsp3) is 0.600. The van der Waals surface area contributed by atoms with Crippen molar-refractivity contribution in [3.05, 3.63) is 35.9 Å². The van der Waals surface area contributed by atoms with Gasteiger partial charge in [0.2, 0.25) is 29.5 Å². The van der Waals surface area contributed by atoms with E-state index in [-0.39, 0.29) is 50.0 Å². The molecule has 0 radical (unpaired) electrons. The van der Waals surface area contributed by atoms with Gasteiger partial charge in [-0.25, -0.2) is 9.59 Å². The first-order valence-corrected chi connectivity index (χ1v) is 18.0. The Balaban J connectivity index is 0. The third-order valence-electron chi connectivity index (χ3n) is 7.51. The second-order valence-electron chi connectivity index (χ2n) is 13.9. The van der Waals surface area contributed by atoms with Gasteiger partial charge in [0, 0.05) is 13.0 Å². The van der Waals surface area contributed by atoms with Crippen molar-refractivity contribution in [2.45, 2.75) is 115 Å². The number of carboxylic acid groups (broad SMARTS) is 2. The number of alkyl halides is 6. The Bertz CT molecular complexity index is 1550. The van der Waals surface area contributed by atoms with Crippen molar-refractivity contribution in [2.75, 3.05) is 6.54 Å². The molecule has 0 unspecified atom stereocenters. The highest BCUT2D eigenvalue weighted by molar-refractivity contribution is 5.96. The van der Waals surface area contributed by atoms with E-state index in [9.17, 15) is 55.4 Å². The van der Waals surface area contributed by atoms with Crippen LogP contribution in [0, 0.1) is 11.8 Å². The summed E-state index contributed by atoms with van der Waals surface area (Å²) in [6, 6.07) is 3.44. The molecule has 1 aromatic rings. The van der Waals surface area contributed by atoms with Gasteiger partial charge in [0.05, 0.1) is 6.10 Å². The molecule has 0 aliphatic heterocycles. The molecule has 5 amide bonds. The van der Waals surface area contributed by atoms with E-state index < -0.39 is 90.1 Å². The Morgan fingerprint density at radius 3 is 1.35 bits per heavy atom. The first-order valence-electron chi connectivity index (χ1n) is 18.0. The number of benzene rings is 1. The van der Waals surface area contributed by atoms with E-state index in [1.165, 1.54) is 6.92 Å². The van der Waals surface area contributed by atoms with Crippen LogP contribution in [-0.2, 0) is 40.0 Å². The Kier molecular flexibility index (Phi) is 25.5. The number of carbonyl (C=O) groups excluding carboxylic acids is 5. The molecular formula is C35H55F6N9O10. The molecule has 0 aromatic heterocycles. The largest absolute Gasteiger partial charge is 0.490 e. The Morgan fingerprint density at radius 1 is 0.650 bits per heavy atom. The molecule has 0 aliphatic carbocycles. The molecule has 0 aliphatic rings. The molecule has 0 bridgehead atoms. The zero-order valence-electron chi connectivity index (χ0n) is 33.5. The SMILES string of the molecule is CC(C)C[C@H](NC(=O)[C@H](CC(C)C)NC(=O)[C@H](Cc1ccccc1)NC(=O)[C@@H](N)[C@@H](C)O)C(=O)N[C@@H](CCCN=C(N)N)C(N)=O.O=C(O)C(F)(F)F.O=C(O)C(F)(F)F.